The second kappa shape index (κ2) is 3.31. The Kier molecular flexibility index (Phi) is 2.23. The van der Waals surface area contributed by atoms with Crippen molar-refractivity contribution in [2.45, 2.75) is 12.6 Å². The molecule has 0 bridgehead atoms. The molecule has 1 aromatic rings. The van der Waals surface area contributed by atoms with Crippen molar-refractivity contribution in [1.82, 2.24) is 4.90 Å². The van der Waals surface area contributed by atoms with Crippen LogP contribution in [0.1, 0.15) is 6.92 Å². The zero-order valence-corrected chi connectivity index (χ0v) is 9.28. The highest BCUT2D eigenvalue weighted by Gasteiger charge is 2.35. The first kappa shape index (κ1) is 10.1. The van der Waals surface area contributed by atoms with Crippen molar-refractivity contribution in [3.8, 4) is 11.5 Å². The molecule has 0 aliphatic carbocycles. The molecule has 4 heteroatoms. The molecular weight excluding hydrogens is 192 g/mol. The fourth-order valence-electron chi connectivity index (χ4n) is 1.42. The maximum Gasteiger partial charge on any atom is 0.194 e. The maximum absolute atomic E-state index is 5.88. The summed E-state index contributed by atoms with van der Waals surface area (Å²) in [6, 6.07) is 5.43. The lowest BCUT2D eigenvalue weighted by Crippen LogP contribution is -2.53. The van der Waals surface area contributed by atoms with Crippen molar-refractivity contribution in [3.05, 3.63) is 18.2 Å². The van der Waals surface area contributed by atoms with E-state index in [1.54, 1.807) is 6.07 Å². The smallest absolute Gasteiger partial charge is 0.194 e. The van der Waals surface area contributed by atoms with Crippen LogP contribution in [0.5, 0.6) is 11.5 Å². The van der Waals surface area contributed by atoms with Crippen LogP contribution in [-0.4, -0.2) is 31.3 Å². The molecule has 2 N–H and O–H groups in total. The first-order valence-electron chi connectivity index (χ1n) is 4.90. The van der Waals surface area contributed by atoms with E-state index in [-0.39, 0.29) is 0 Å². The highest BCUT2D eigenvalue weighted by molar-refractivity contribution is 5.52. The third kappa shape index (κ3) is 1.72. The Bertz CT molecular complexity index is 379. The molecule has 1 aliphatic rings. The van der Waals surface area contributed by atoms with Crippen LogP contribution in [0, 0.1) is 0 Å². The highest BCUT2D eigenvalue weighted by Crippen LogP contribution is 2.36. The van der Waals surface area contributed by atoms with E-state index >= 15 is 0 Å². The van der Waals surface area contributed by atoms with Crippen LogP contribution in [-0.2, 0) is 0 Å². The molecule has 82 valence electrons. The number of anilines is 1. The second-order valence-electron chi connectivity index (χ2n) is 4.17. The molecule has 1 unspecified atom stereocenters. The van der Waals surface area contributed by atoms with Crippen LogP contribution >= 0.6 is 0 Å². The third-order valence-electron chi connectivity index (χ3n) is 2.74. The minimum atomic E-state index is -0.414. The van der Waals surface area contributed by atoms with Gasteiger partial charge in [-0.2, -0.15) is 0 Å². The minimum absolute atomic E-state index is 0.414. The molecule has 0 amide bonds. The van der Waals surface area contributed by atoms with E-state index in [1.165, 1.54) is 0 Å². The molecule has 0 saturated carbocycles. The van der Waals surface area contributed by atoms with Gasteiger partial charge >= 0.3 is 0 Å². The Morgan fingerprint density at radius 2 is 2.07 bits per heavy atom. The summed E-state index contributed by atoms with van der Waals surface area (Å²) in [7, 11) is 3.93. The summed E-state index contributed by atoms with van der Waals surface area (Å²) in [5.41, 5.74) is 5.94. The van der Waals surface area contributed by atoms with Gasteiger partial charge in [-0.1, -0.05) is 0 Å². The molecule has 0 fully saturated rings. The Hall–Kier alpha value is -1.42. The minimum Gasteiger partial charge on any atom is -0.484 e. The van der Waals surface area contributed by atoms with Crippen LogP contribution in [0.3, 0.4) is 0 Å². The quantitative estimate of drug-likeness (QED) is 0.707. The third-order valence-corrected chi connectivity index (χ3v) is 2.74. The van der Waals surface area contributed by atoms with Gasteiger partial charge in [0.05, 0.1) is 0 Å². The van der Waals surface area contributed by atoms with E-state index in [4.69, 9.17) is 15.2 Å². The van der Waals surface area contributed by atoms with Gasteiger partial charge in [0.2, 0.25) is 0 Å². The number of fused-ring (bicyclic) bond motifs is 1. The van der Waals surface area contributed by atoms with E-state index in [0.29, 0.717) is 18.0 Å². The van der Waals surface area contributed by atoms with Crippen LogP contribution in [0.25, 0.3) is 0 Å². The van der Waals surface area contributed by atoms with E-state index in [1.807, 2.05) is 38.1 Å². The van der Waals surface area contributed by atoms with Gasteiger partial charge in [0, 0.05) is 11.8 Å². The number of nitrogen functional groups attached to an aromatic ring is 1. The summed E-state index contributed by atoms with van der Waals surface area (Å²) < 4.78 is 11.5. The first-order valence-corrected chi connectivity index (χ1v) is 4.90. The normalized spacial score (nSPS) is 24.3. The lowest BCUT2D eigenvalue weighted by molar-refractivity contribution is -0.0916. The number of hydrogen-bond donors (Lipinski definition) is 1. The number of likely N-dealkylation sites (N-methyl/N-ethyl adjacent to an activating group) is 1. The Balaban J connectivity index is 2.31. The fourth-order valence-corrected chi connectivity index (χ4v) is 1.42. The molecule has 0 aromatic heterocycles. The van der Waals surface area contributed by atoms with Gasteiger partial charge in [-0.15, -0.1) is 0 Å². The predicted octanol–water partition coefficient (Wildman–Crippen LogP) is 1.32. The van der Waals surface area contributed by atoms with Gasteiger partial charge in [-0.3, -0.25) is 4.90 Å². The molecule has 1 aliphatic heterocycles. The van der Waals surface area contributed by atoms with Crippen molar-refractivity contribution in [3.63, 3.8) is 0 Å². The number of nitrogens with two attached hydrogens (primary N) is 1. The van der Waals surface area contributed by atoms with Gasteiger partial charge in [0.25, 0.3) is 0 Å². The lowest BCUT2D eigenvalue weighted by Gasteiger charge is -2.40. The molecule has 4 nitrogen and oxygen atoms in total. The zero-order chi connectivity index (χ0) is 11.1. The van der Waals surface area contributed by atoms with Crippen molar-refractivity contribution >= 4 is 5.69 Å². The van der Waals surface area contributed by atoms with Gasteiger partial charge in [0.15, 0.2) is 17.2 Å². The van der Waals surface area contributed by atoms with Crippen LogP contribution < -0.4 is 15.2 Å². The molecule has 1 aromatic carbocycles. The van der Waals surface area contributed by atoms with E-state index in [9.17, 15) is 0 Å². The molecular formula is C11H16N2O2. The average molecular weight is 208 g/mol. The Morgan fingerprint density at radius 1 is 1.33 bits per heavy atom. The monoisotopic (exact) mass is 208 g/mol. The van der Waals surface area contributed by atoms with Gasteiger partial charge in [-0.25, -0.2) is 0 Å². The molecule has 0 radical (unpaired) electrons. The predicted molar refractivity (Wildman–Crippen MR) is 59.1 cm³/mol. The van der Waals surface area contributed by atoms with Crippen molar-refractivity contribution in [2.75, 3.05) is 26.4 Å². The highest BCUT2D eigenvalue weighted by atomic mass is 16.6. The molecule has 0 saturated heterocycles. The summed E-state index contributed by atoms with van der Waals surface area (Å²) in [4.78, 5) is 1.99. The van der Waals surface area contributed by atoms with Gasteiger partial charge in [0.1, 0.15) is 6.61 Å². The number of ether oxygens (including phenoxy) is 2. The Labute approximate surface area is 89.6 Å². The van der Waals surface area contributed by atoms with Gasteiger partial charge in [-0.05, 0) is 33.2 Å². The largest absolute Gasteiger partial charge is 0.484 e. The van der Waals surface area contributed by atoms with E-state index in [2.05, 4.69) is 0 Å². The second-order valence-corrected chi connectivity index (χ2v) is 4.17. The first-order chi connectivity index (χ1) is 7.01. The number of rotatable bonds is 1. The van der Waals surface area contributed by atoms with Crippen LogP contribution in [0.4, 0.5) is 5.69 Å². The molecule has 1 atom stereocenters. The molecule has 15 heavy (non-hydrogen) atoms. The summed E-state index contributed by atoms with van der Waals surface area (Å²) in [6.45, 7) is 2.49. The summed E-state index contributed by atoms with van der Waals surface area (Å²) in [5.74, 6) is 1.46. The summed E-state index contributed by atoms with van der Waals surface area (Å²) in [6.07, 6.45) is 0. The standard InChI is InChI=1S/C11H16N2O2/c1-11(13(2)3)7-14-10-6-8(12)4-5-9(10)15-11/h4-6H,7,12H2,1-3H3. The topological polar surface area (TPSA) is 47.7 Å². The number of nitrogens with zero attached hydrogens (tertiary/aromatic N) is 1. The number of benzene rings is 1. The Morgan fingerprint density at radius 3 is 2.73 bits per heavy atom. The molecule has 1 heterocycles. The average Bonchev–Trinajstić information content (AvgIpc) is 2.18. The summed E-state index contributed by atoms with van der Waals surface area (Å²) in [5, 5.41) is 0. The molecule has 0 spiro atoms. The van der Waals surface area contributed by atoms with Crippen molar-refractivity contribution < 1.29 is 9.47 Å². The fraction of sp³-hybridized carbons (Fsp3) is 0.455. The van der Waals surface area contributed by atoms with E-state index in [0.717, 1.165) is 5.75 Å². The summed E-state index contributed by atoms with van der Waals surface area (Å²) >= 11 is 0. The van der Waals surface area contributed by atoms with E-state index < -0.39 is 5.72 Å². The van der Waals surface area contributed by atoms with Crippen LogP contribution in [0.15, 0.2) is 18.2 Å². The van der Waals surface area contributed by atoms with Crippen molar-refractivity contribution in [2.24, 2.45) is 0 Å². The van der Waals surface area contributed by atoms with Crippen LogP contribution in [0.2, 0.25) is 0 Å². The maximum atomic E-state index is 5.88. The SMILES string of the molecule is CN(C)C1(C)COc2cc(N)ccc2O1. The van der Waals surface area contributed by atoms with Crippen molar-refractivity contribution in [1.29, 1.82) is 0 Å². The zero-order valence-electron chi connectivity index (χ0n) is 9.28. The lowest BCUT2D eigenvalue weighted by atomic mass is 10.2. The molecule has 2 rings (SSSR count). The number of hydrogen-bond acceptors (Lipinski definition) is 4. The van der Waals surface area contributed by atoms with Gasteiger partial charge < -0.3 is 15.2 Å².